The van der Waals surface area contributed by atoms with E-state index < -0.39 is 10.9 Å². The van der Waals surface area contributed by atoms with Crippen LogP contribution >= 0.6 is 0 Å². The SMILES string of the molecule is Cc1cc(C)n(CCCNc2ccc([N+](=O)[O-])cc2C(=O)O)n1. The topological polar surface area (TPSA) is 110 Å². The lowest BCUT2D eigenvalue weighted by Crippen LogP contribution is -2.11. The summed E-state index contributed by atoms with van der Waals surface area (Å²) < 4.78 is 1.89. The lowest BCUT2D eigenvalue weighted by molar-refractivity contribution is -0.384. The van der Waals surface area contributed by atoms with Crippen LogP contribution < -0.4 is 5.32 Å². The number of aryl methyl sites for hydroxylation is 3. The molecule has 1 aromatic heterocycles. The Kier molecular flexibility index (Phi) is 4.95. The Morgan fingerprint density at radius 3 is 2.70 bits per heavy atom. The third kappa shape index (κ3) is 4.06. The Morgan fingerprint density at radius 2 is 2.13 bits per heavy atom. The van der Waals surface area contributed by atoms with Crippen LogP contribution in [0.25, 0.3) is 0 Å². The molecule has 0 aliphatic heterocycles. The highest BCUT2D eigenvalue weighted by molar-refractivity contribution is 5.95. The second-order valence-electron chi connectivity index (χ2n) is 5.22. The van der Waals surface area contributed by atoms with Gasteiger partial charge in [0.15, 0.2) is 0 Å². The van der Waals surface area contributed by atoms with Gasteiger partial charge < -0.3 is 10.4 Å². The predicted molar refractivity (Wildman–Crippen MR) is 84.9 cm³/mol. The van der Waals surface area contributed by atoms with Gasteiger partial charge in [0.1, 0.15) is 0 Å². The van der Waals surface area contributed by atoms with E-state index in [2.05, 4.69) is 10.4 Å². The molecule has 0 fully saturated rings. The average molecular weight is 318 g/mol. The fourth-order valence-electron chi connectivity index (χ4n) is 2.33. The van der Waals surface area contributed by atoms with Crippen molar-refractivity contribution in [3.63, 3.8) is 0 Å². The zero-order valence-electron chi connectivity index (χ0n) is 12.9. The fourth-order valence-corrected chi connectivity index (χ4v) is 2.33. The molecule has 0 spiro atoms. The van der Waals surface area contributed by atoms with Crippen molar-refractivity contribution in [2.24, 2.45) is 0 Å². The van der Waals surface area contributed by atoms with Gasteiger partial charge in [-0.15, -0.1) is 0 Å². The lowest BCUT2D eigenvalue weighted by atomic mass is 10.1. The third-order valence-corrected chi connectivity index (χ3v) is 3.41. The number of nitrogens with zero attached hydrogens (tertiary/aromatic N) is 3. The van der Waals surface area contributed by atoms with Gasteiger partial charge in [-0.05, 0) is 32.4 Å². The average Bonchev–Trinajstić information content (AvgIpc) is 2.81. The van der Waals surface area contributed by atoms with Gasteiger partial charge in [-0.25, -0.2) is 4.79 Å². The number of nitro groups is 1. The van der Waals surface area contributed by atoms with E-state index in [0.717, 1.165) is 23.9 Å². The predicted octanol–water partition coefficient (Wildman–Crippen LogP) is 2.61. The summed E-state index contributed by atoms with van der Waals surface area (Å²) in [5, 5.41) is 27.3. The second kappa shape index (κ2) is 6.91. The molecule has 0 saturated carbocycles. The Balaban J connectivity index is 1.98. The quantitative estimate of drug-likeness (QED) is 0.461. The van der Waals surface area contributed by atoms with Crippen molar-refractivity contribution in [2.45, 2.75) is 26.8 Å². The third-order valence-electron chi connectivity index (χ3n) is 3.41. The van der Waals surface area contributed by atoms with Gasteiger partial charge >= 0.3 is 5.97 Å². The molecule has 0 saturated heterocycles. The van der Waals surface area contributed by atoms with Gasteiger partial charge in [0.2, 0.25) is 0 Å². The van der Waals surface area contributed by atoms with E-state index in [4.69, 9.17) is 5.11 Å². The molecule has 0 aliphatic rings. The molecular formula is C15H18N4O4. The number of benzene rings is 1. The summed E-state index contributed by atoms with van der Waals surface area (Å²) in [5.74, 6) is -1.20. The fraction of sp³-hybridized carbons (Fsp3) is 0.333. The molecule has 8 nitrogen and oxygen atoms in total. The maximum absolute atomic E-state index is 11.2. The number of nitro benzene ring substituents is 1. The zero-order chi connectivity index (χ0) is 17.0. The Morgan fingerprint density at radius 1 is 1.39 bits per heavy atom. The number of rotatable bonds is 7. The van der Waals surface area contributed by atoms with Gasteiger partial charge in [0.25, 0.3) is 5.69 Å². The maximum atomic E-state index is 11.2. The molecule has 1 heterocycles. The zero-order valence-corrected chi connectivity index (χ0v) is 12.9. The Labute approximate surface area is 132 Å². The van der Waals surface area contributed by atoms with Gasteiger partial charge in [0.05, 0.1) is 16.2 Å². The molecule has 0 aliphatic carbocycles. The largest absolute Gasteiger partial charge is 0.478 e. The van der Waals surface area contributed by atoms with Crippen molar-refractivity contribution < 1.29 is 14.8 Å². The van der Waals surface area contributed by atoms with Gasteiger partial charge in [0, 0.05) is 36.6 Å². The number of hydrogen-bond acceptors (Lipinski definition) is 5. The number of aromatic carboxylic acids is 1. The van der Waals surface area contributed by atoms with Crippen LogP contribution in [0, 0.1) is 24.0 Å². The number of carbonyl (C=O) groups is 1. The highest BCUT2D eigenvalue weighted by atomic mass is 16.6. The summed E-state index contributed by atoms with van der Waals surface area (Å²) in [6.45, 7) is 5.16. The van der Waals surface area contributed by atoms with E-state index in [1.807, 2.05) is 24.6 Å². The number of carboxylic acids is 1. The van der Waals surface area contributed by atoms with Crippen molar-refractivity contribution in [3.05, 3.63) is 51.3 Å². The molecule has 23 heavy (non-hydrogen) atoms. The Bertz CT molecular complexity index is 739. The minimum absolute atomic E-state index is 0.106. The first kappa shape index (κ1) is 16.5. The van der Waals surface area contributed by atoms with Gasteiger partial charge in [-0.3, -0.25) is 14.8 Å². The molecule has 1 aromatic carbocycles. The minimum atomic E-state index is -1.20. The van der Waals surface area contributed by atoms with Crippen LogP contribution in [0.1, 0.15) is 28.2 Å². The number of hydrogen-bond donors (Lipinski definition) is 2. The number of non-ortho nitro benzene ring substituents is 1. The summed E-state index contributed by atoms with van der Waals surface area (Å²) in [4.78, 5) is 21.3. The normalized spacial score (nSPS) is 10.5. The smallest absolute Gasteiger partial charge is 0.338 e. The van der Waals surface area contributed by atoms with E-state index in [1.54, 1.807) is 0 Å². The van der Waals surface area contributed by atoms with Gasteiger partial charge in [-0.1, -0.05) is 0 Å². The van der Waals surface area contributed by atoms with Crippen molar-refractivity contribution >= 4 is 17.3 Å². The highest BCUT2D eigenvalue weighted by Gasteiger charge is 2.15. The molecule has 0 bridgehead atoms. The first-order chi connectivity index (χ1) is 10.9. The standard InChI is InChI=1S/C15H18N4O4/c1-10-8-11(2)18(17-10)7-3-6-16-14-5-4-12(19(22)23)9-13(14)15(20)21/h4-5,8-9,16H,3,6-7H2,1-2H3,(H,20,21). The van der Waals surface area contributed by atoms with Crippen molar-refractivity contribution in [2.75, 3.05) is 11.9 Å². The maximum Gasteiger partial charge on any atom is 0.338 e. The molecule has 0 unspecified atom stereocenters. The number of carboxylic acid groups (broad SMARTS) is 1. The summed E-state index contributed by atoms with van der Waals surface area (Å²) in [6, 6.07) is 5.76. The van der Waals surface area contributed by atoms with Gasteiger partial charge in [-0.2, -0.15) is 5.10 Å². The number of anilines is 1. The molecule has 0 amide bonds. The van der Waals surface area contributed by atoms with Crippen LogP contribution in [0.5, 0.6) is 0 Å². The van der Waals surface area contributed by atoms with E-state index in [0.29, 0.717) is 18.8 Å². The van der Waals surface area contributed by atoms with E-state index in [9.17, 15) is 14.9 Å². The molecule has 0 radical (unpaired) electrons. The summed E-state index contributed by atoms with van der Waals surface area (Å²) >= 11 is 0. The summed E-state index contributed by atoms with van der Waals surface area (Å²) in [5.41, 5.74) is 2.06. The van der Waals surface area contributed by atoms with Crippen LogP contribution in [0.2, 0.25) is 0 Å². The van der Waals surface area contributed by atoms with Crippen LogP contribution in [-0.4, -0.2) is 32.3 Å². The molecule has 2 rings (SSSR count). The number of aromatic nitrogens is 2. The monoisotopic (exact) mass is 318 g/mol. The first-order valence-corrected chi connectivity index (χ1v) is 7.15. The lowest BCUT2D eigenvalue weighted by Gasteiger charge is -2.10. The van der Waals surface area contributed by atoms with Crippen LogP contribution in [0.15, 0.2) is 24.3 Å². The first-order valence-electron chi connectivity index (χ1n) is 7.15. The van der Waals surface area contributed by atoms with Crippen molar-refractivity contribution in [3.8, 4) is 0 Å². The van der Waals surface area contributed by atoms with Crippen molar-refractivity contribution in [1.29, 1.82) is 0 Å². The molecule has 2 aromatic rings. The van der Waals surface area contributed by atoms with Crippen molar-refractivity contribution in [1.82, 2.24) is 9.78 Å². The molecular weight excluding hydrogens is 300 g/mol. The second-order valence-corrected chi connectivity index (χ2v) is 5.22. The molecule has 122 valence electrons. The van der Waals surface area contributed by atoms with E-state index >= 15 is 0 Å². The molecule has 0 atom stereocenters. The van der Waals surface area contributed by atoms with Crippen LogP contribution in [-0.2, 0) is 6.54 Å². The summed E-state index contributed by atoms with van der Waals surface area (Å²) in [7, 11) is 0. The number of nitrogens with one attached hydrogen (secondary N) is 1. The Hall–Kier alpha value is -2.90. The molecule has 8 heteroatoms. The van der Waals surface area contributed by atoms with E-state index in [-0.39, 0.29) is 11.3 Å². The highest BCUT2D eigenvalue weighted by Crippen LogP contribution is 2.22. The van der Waals surface area contributed by atoms with Crippen LogP contribution in [0.4, 0.5) is 11.4 Å². The van der Waals surface area contributed by atoms with E-state index in [1.165, 1.54) is 12.1 Å². The minimum Gasteiger partial charge on any atom is -0.478 e. The molecule has 2 N–H and O–H groups in total. The van der Waals surface area contributed by atoms with Crippen LogP contribution in [0.3, 0.4) is 0 Å². The summed E-state index contributed by atoms with van der Waals surface area (Å²) in [6.07, 6.45) is 0.748.